The van der Waals surface area contributed by atoms with Crippen LogP contribution in [0.25, 0.3) is 0 Å². The molecule has 158 valence electrons. The first-order valence-electron chi connectivity index (χ1n) is 9.45. The Morgan fingerprint density at radius 2 is 1.57 bits per heavy atom. The number of fused-ring (bicyclic) bond motifs is 1. The van der Waals surface area contributed by atoms with Crippen LogP contribution in [0, 0.1) is 13.8 Å². The number of aryl methyl sites for hydroxylation is 2. The van der Waals surface area contributed by atoms with Crippen LogP contribution in [-0.2, 0) is 14.8 Å². The van der Waals surface area contributed by atoms with Crippen molar-refractivity contribution in [2.24, 2.45) is 0 Å². The topological polar surface area (TPSA) is 113 Å². The Labute approximate surface area is 175 Å². The molecule has 0 radical (unpaired) electrons. The molecule has 0 spiro atoms. The van der Waals surface area contributed by atoms with Crippen molar-refractivity contribution >= 4 is 27.7 Å². The Hall–Kier alpha value is -3.04. The second-order valence-corrected chi connectivity index (χ2v) is 8.90. The maximum atomic E-state index is 12.5. The fourth-order valence-corrected chi connectivity index (χ4v) is 4.28. The van der Waals surface area contributed by atoms with Gasteiger partial charge in [-0.25, -0.2) is 13.1 Å². The Bertz CT molecular complexity index is 1090. The largest absolute Gasteiger partial charge is 0.353 e. The number of hydrogen-bond donors (Lipinski definition) is 2. The smallest absolute Gasteiger partial charge is 0.262 e. The fraction of sp³-hybridized carbons (Fsp3) is 0.286. The van der Waals surface area contributed by atoms with Crippen LogP contribution < -0.4 is 10.0 Å². The molecule has 3 rings (SSSR count). The van der Waals surface area contributed by atoms with Crippen molar-refractivity contribution in [3.05, 3.63) is 64.7 Å². The monoisotopic (exact) mass is 429 g/mol. The minimum absolute atomic E-state index is 0.0103. The van der Waals surface area contributed by atoms with Gasteiger partial charge >= 0.3 is 0 Å². The second kappa shape index (κ2) is 8.37. The summed E-state index contributed by atoms with van der Waals surface area (Å²) < 4.78 is 27.2. The van der Waals surface area contributed by atoms with E-state index >= 15 is 0 Å². The normalized spacial score (nSPS) is 14.6. The number of rotatable bonds is 7. The fourth-order valence-electron chi connectivity index (χ4n) is 3.16. The highest BCUT2D eigenvalue weighted by Gasteiger charge is 2.40. The lowest BCUT2D eigenvalue weighted by Crippen LogP contribution is -2.49. The van der Waals surface area contributed by atoms with Crippen LogP contribution in [0.2, 0.25) is 0 Å². The number of benzene rings is 2. The first-order chi connectivity index (χ1) is 14.1. The van der Waals surface area contributed by atoms with Gasteiger partial charge in [0.05, 0.1) is 16.0 Å². The van der Waals surface area contributed by atoms with Gasteiger partial charge in [0.2, 0.25) is 15.9 Å². The number of nitrogens with one attached hydrogen (secondary N) is 2. The van der Waals surface area contributed by atoms with Crippen LogP contribution in [0.5, 0.6) is 0 Å². The van der Waals surface area contributed by atoms with E-state index in [1.165, 1.54) is 13.0 Å². The average Bonchev–Trinajstić information content (AvgIpc) is 2.97. The van der Waals surface area contributed by atoms with Crippen molar-refractivity contribution in [2.45, 2.75) is 31.7 Å². The van der Waals surface area contributed by atoms with Crippen molar-refractivity contribution in [1.29, 1.82) is 0 Å². The predicted octanol–water partition coefficient (Wildman–Crippen LogP) is 1.38. The van der Waals surface area contributed by atoms with Gasteiger partial charge in [0.25, 0.3) is 11.8 Å². The molecule has 30 heavy (non-hydrogen) atoms. The summed E-state index contributed by atoms with van der Waals surface area (Å²) in [6.07, 6.45) is 0. The molecule has 0 fully saturated rings. The van der Waals surface area contributed by atoms with E-state index in [0.717, 1.165) is 16.0 Å². The first kappa shape index (κ1) is 21.7. The molecular weight excluding hydrogens is 406 g/mol. The molecule has 2 N–H and O–H groups in total. The molecule has 9 heteroatoms. The Morgan fingerprint density at radius 1 is 0.967 bits per heavy atom. The zero-order valence-corrected chi connectivity index (χ0v) is 17.7. The standard InChI is InChI=1S/C21H23N3O5S/c1-13-8-9-16(12-14(13)2)30(28,29)23-11-10-22-19(25)15(3)24-20(26)17-6-4-5-7-18(17)21(24)27/h4-9,12,15,23H,10-11H2,1-3H3,(H,22,25). The average molecular weight is 429 g/mol. The summed E-state index contributed by atoms with van der Waals surface area (Å²) >= 11 is 0. The number of imide groups is 1. The molecule has 1 unspecified atom stereocenters. The van der Waals surface area contributed by atoms with Crippen molar-refractivity contribution in [3.8, 4) is 0 Å². The molecule has 1 aliphatic heterocycles. The van der Waals surface area contributed by atoms with Crippen LogP contribution in [0.4, 0.5) is 0 Å². The van der Waals surface area contributed by atoms with Gasteiger partial charge in [-0.15, -0.1) is 0 Å². The summed E-state index contributed by atoms with van der Waals surface area (Å²) in [7, 11) is -3.71. The van der Waals surface area contributed by atoms with Gasteiger partial charge in [0.1, 0.15) is 6.04 Å². The molecule has 0 saturated heterocycles. The summed E-state index contributed by atoms with van der Waals surface area (Å²) in [4.78, 5) is 38.4. The highest BCUT2D eigenvalue weighted by atomic mass is 32.2. The zero-order chi connectivity index (χ0) is 22.1. The van der Waals surface area contributed by atoms with Gasteiger partial charge in [-0.1, -0.05) is 18.2 Å². The lowest BCUT2D eigenvalue weighted by Gasteiger charge is -2.21. The second-order valence-electron chi connectivity index (χ2n) is 7.14. The molecule has 1 atom stereocenters. The molecule has 0 saturated carbocycles. The quantitative estimate of drug-likeness (QED) is 0.510. The number of carbonyl (C=O) groups excluding carboxylic acids is 3. The van der Waals surface area contributed by atoms with Gasteiger partial charge in [0, 0.05) is 13.1 Å². The summed E-state index contributed by atoms with van der Waals surface area (Å²) in [5, 5.41) is 2.56. The Kier molecular flexibility index (Phi) is 6.04. The molecule has 2 aromatic rings. The van der Waals surface area contributed by atoms with Crippen molar-refractivity contribution in [2.75, 3.05) is 13.1 Å². The third-order valence-electron chi connectivity index (χ3n) is 5.10. The van der Waals surface area contributed by atoms with Gasteiger partial charge in [-0.05, 0) is 56.2 Å². The molecule has 1 aliphatic rings. The van der Waals surface area contributed by atoms with Crippen molar-refractivity contribution in [1.82, 2.24) is 14.9 Å². The van der Waals surface area contributed by atoms with E-state index in [0.29, 0.717) is 0 Å². The van der Waals surface area contributed by atoms with Gasteiger partial charge in [-0.2, -0.15) is 0 Å². The summed E-state index contributed by atoms with van der Waals surface area (Å²) in [6.45, 7) is 5.15. The van der Waals surface area contributed by atoms with E-state index in [1.54, 1.807) is 36.4 Å². The third kappa shape index (κ3) is 4.12. The number of amides is 3. The highest BCUT2D eigenvalue weighted by molar-refractivity contribution is 7.89. The Balaban J connectivity index is 1.55. The Morgan fingerprint density at radius 3 is 2.13 bits per heavy atom. The van der Waals surface area contributed by atoms with Crippen LogP contribution in [0.3, 0.4) is 0 Å². The van der Waals surface area contributed by atoms with Crippen molar-refractivity contribution in [3.63, 3.8) is 0 Å². The molecule has 1 heterocycles. The summed E-state index contributed by atoms with van der Waals surface area (Å²) in [6, 6.07) is 10.2. The maximum absolute atomic E-state index is 12.5. The molecular formula is C21H23N3O5S. The molecule has 3 amide bonds. The maximum Gasteiger partial charge on any atom is 0.262 e. The minimum atomic E-state index is -3.71. The van der Waals surface area contributed by atoms with Gasteiger partial charge in [0.15, 0.2) is 0 Å². The lowest BCUT2D eigenvalue weighted by molar-refractivity contribution is -0.124. The molecule has 0 aromatic heterocycles. The van der Waals surface area contributed by atoms with E-state index in [2.05, 4.69) is 10.0 Å². The predicted molar refractivity (Wildman–Crippen MR) is 111 cm³/mol. The molecule has 2 aromatic carbocycles. The van der Waals surface area contributed by atoms with Gasteiger partial charge < -0.3 is 5.32 Å². The number of sulfonamides is 1. The van der Waals surface area contributed by atoms with Crippen LogP contribution >= 0.6 is 0 Å². The zero-order valence-electron chi connectivity index (χ0n) is 16.9. The number of nitrogens with zero attached hydrogens (tertiary/aromatic N) is 1. The minimum Gasteiger partial charge on any atom is -0.353 e. The van der Waals surface area contributed by atoms with E-state index in [-0.39, 0.29) is 29.1 Å². The van der Waals surface area contributed by atoms with Crippen LogP contribution in [-0.4, -0.2) is 50.2 Å². The molecule has 0 bridgehead atoms. The third-order valence-corrected chi connectivity index (χ3v) is 6.56. The van der Waals surface area contributed by atoms with E-state index < -0.39 is 33.8 Å². The first-order valence-corrected chi connectivity index (χ1v) is 10.9. The number of hydrogen-bond acceptors (Lipinski definition) is 5. The number of carbonyl (C=O) groups is 3. The summed E-state index contributed by atoms with van der Waals surface area (Å²) in [5.74, 6) is -1.59. The van der Waals surface area contributed by atoms with Crippen LogP contribution in [0.1, 0.15) is 38.8 Å². The SMILES string of the molecule is Cc1ccc(S(=O)(=O)NCCNC(=O)C(C)N2C(=O)c3ccccc3C2=O)cc1C. The van der Waals surface area contributed by atoms with Gasteiger partial charge in [-0.3, -0.25) is 19.3 Å². The summed E-state index contributed by atoms with van der Waals surface area (Å²) in [5.41, 5.74) is 2.39. The highest BCUT2D eigenvalue weighted by Crippen LogP contribution is 2.24. The molecule has 0 aliphatic carbocycles. The van der Waals surface area contributed by atoms with E-state index in [9.17, 15) is 22.8 Å². The van der Waals surface area contributed by atoms with E-state index in [4.69, 9.17) is 0 Å². The molecule has 8 nitrogen and oxygen atoms in total. The van der Waals surface area contributed by atoms with E-state index in [1.807, 2.05) is 13.8 Å². The van der Waals surface area contributed by atoms with Crippen LogP contribution in [0.15, 0.2) is 47.4 Å². The lowest BCUT2D eigenvalue weighted by atomic mass is 10.1. The van der Waals surface area contributed by atoms with Crippen molar-refractivity contribution < 1.29 is 22.8 Å².